The first-order chi connectivity index (χ1) is 6.50. The highest BCUT2D eigenvalue weighted by Gasteiger charge is 2.20. The third kappa shape index (κ3) is 1.34. The van der Waals surface area contributed by atoms with Gasteiger partial charge in [-0.15, -0.1) is 0 Å². The molecule has 0 spiro atoms. The van der Waals surface area contributed by atoms with Crippen LogP contribution in [0.3, 0.4) is 0 Å². The van der Waals surface area contributed by atoms with Crippen molar-refractivity contribution >= 4 is 30.8 Å². The van der Waals surface area contributed by atoms with Gasteiger partial charge in [-0.3, -0.25) is 0 Å². The number of aromatic nitrogens is 2. The van der Waals surface area contributed by atoms with Crippen molar-refractivity contribution in [2.24, 2.45) is 0 Å². The Kier molecular flexibility index (Phi) is 1.93. The first-order valence-electron chi connectivity index (χ1n) is 3.35. The zero-order valence-corrected chi connectivity index (χ0v) is 8.01. The maximum absolute atomic E-state index is 13.0. The van der Waals surface area contributed by atoms with Crippen molar-refractivity contribution in [2.45, 2.75) is 4.90 Å². The van der Waals surface area contributed by atoms with Crippen molar-refractivity contribution in [3.63, 3.8) is 0 Å². The van der Waals surface area contributed by atoms with E-state index in [4.69, 9.17) is 10.7 Å². The number of rotatable bonds is 1. The molecule has 0 amide bonds. The SMILES string of the molecule is O=S(=O)(Cl)c1ccc(F)c2nonc12. The molecule has 0 aliphatic rings. The monoisotopic (exact) mass is 236 g/mol. The second kappa shape index (κ2) is 2.89. The van der Waals surface area contributed by atoms with Gasteiger partial charge in [0.15, 0.2) is 16.9 Å². The number of benzene rings is 1. The lowest BCUT2D eigenvalue weighted by Crippen LogP contribution is -1.93. The van der Waals surface area contributed by atoms with E-state index in [1.807, 2.05) is 0 Å². The van der Waals surface area contributed by atoms with E-state index < -0.39 is 14.9 Å². The molecule has 0 bridgehead atoms. The molecule has 2 rings (SSSR count). The van der Waals surface area contributed by atoms with E-state index in [0.717, 1.165) is 12.1 Å². The Morgan fingerprint density at radius 1 is 1.29 bits per heavy atom. The van der Waals surface area contributed by atoms with Crippen molar-refractivity contribution in [1.82, 2.24) is 10.3 Å². The van der Waals surface area contributed by atoms with Crippen LogP contribution in [0.25, 0.3) is 11.0 Å². The van der Waals surface area contributed by atoms with Crippen LogP contribution in [0.2, 0.25) is 0 Å². The Bertz CT molecular complexity index is 594. The Balaban J connectivity index is 2.93. The second-order valence-electron chi connectivity index (χ2n) is 2.44. The van der Waals surface area contributed by atoms with Crippen molar-refractivity contribution in [1.29, 1.82) is 0 Å². The molecule has 0 unspecified atom stereocenters. The minimum absolute atomic E-state index is 0.208. The first kappa shape index (κ1) is 9.35. The average Bonchev–Trinajstić information content (AvgIpc) is 2.50. The van der Waals surface area contributed by atoms with Crippen LogP contribution in [-0.2, 0) is 9.05 Å². The molecule has 74 valence electrons. The third-order valence-corrected chi connectivity index (χ3v) is 2.95. The number of halogens is 2. The van der Waals surface area contributed by atoms with E-state index in [9.17, 15) is 12.8 Å². The van der Waals surface area contributed by atoms with E-state index in [1.165, 1.54) is 0 Å². The van der Waals surface area contributed by atoms with Gasteiger partial charge in [-0.25, -0.2) is 17.4 Å². The zero-order chi connectivity index (χ0) is 10.3. The fourth-order valence-electron chi connectivity index (χ4n) is 1.01. The summed E-state index contributed by atoms with van der Waals surface area (Å²) in [7, 11) is 1.11. The third-order valence-electron chi connectivity index (χ3n) is 1.59. The number of nitrogens with zero attached hydrogens (tertiary/aromatic N) is 2. The number of hydrogen-bond donors (Lipinski definition) is 0. The summed E-state index contributed by atoms with van der Waals surface area (Å²) in [5, 5.41) is 6.46. The average molecular weight is 237 g/mol. The summed E-state index contributed by atoms with van der Waals surface area (Å²) in [5.41, 5.74) is -0.466. The molecule has 0 aliphatic heterocycles. The molecule has 1 heterocycles. The highest BCUT2D eigenvalue weighted by Crippen LogP contribution is 2.24. The van der Waals surface area contributed by atoms with Crippen molar-refractivity contribution in [2.75, 3.05) is 0 Å². The van der Waals surface area contributed by atoms with Gasteiger partial charge in [0.25, 0.3) is 9.05 Å². The van der Waals surface area contributed by atoms with Crippen molar-refractivity contribution in [3.05, 3.63) is 17.9 Å². The van der Waals surface area contributed by atoms with Crippen LogP contribution >= 0.6 is 10.7 Å². The largest absolute Gasteiger partial charge is 0.263 e. The van der Waals surface area contributed by atoms with E-state index in [1.54, 1.807) is 0 Å². The number of hydrogen-bond acceptors (Lipinski definition) is 5. The molecule has 0 saturated carbocycles. The van der Waals surface area contributed by atoms with Gasteiger partial charge in [0.1, 0.15) is 4.90 Å². The minimum Gasteiger partial charge on any atom is -0.243 e. The van der Waals surface area contributed by atoms with E-state index in [0.29, 0.717) is 0 Å². The lowest BCUT2D eigenvalue weighted by molar-refractivity contribution is 0.314. The molecular weight excluding hydrogens is 235 g/mol. The lowest BCUT2D eigenvalue weighted by atomic mass is 10.3. The Morgan fingerprint density at radius 2 is 1.93 bits per heavy atom. The van der Waals surface area contributed by atoms with Crippen LogP contribution in [-0.4, -0.2) is 18.7 Å². The molecule has 0 atom stereocenters. The summed E-state index contributed by atoms with van der Waals surface area (Å²) >= 11 is 0. The predicted molar refractivity (Wildman–Crippen MR) is 44.8 cm³/mol. The van der Waals surface area contributed by atoms with Crippen LogP contribution in [0.15, 0.2) is 21.7 Å². The fraction of sp³-hybridized carbons (Fsp3) is 0. The summed E-state index contributed by atoms with van der Waals surface area (Å²) in [6, 6.07) is 1.94. The quantitative estimate of drug-likeness (QED) is 0.698. The van der Waals surface area contributed by atoms with Crippen LogP contribution < -0.4 is 0 Å². The molecular formula is C6H2ClFN2O3S. The van der Waals surface area contributed by atoms with Gasteiger partial charge in [-0.05, 0) is 22.4 Å². The van der Waals surface area contributed by atoms with E-state index >= 15 is 0 Å². The molecule has 8 heteroatoms. The Morgan fingerprint density at radius 3 is 2.57 bits per heavy atom. The van der Waals surface area contributed by atoms with E-state index in [2.05, 4.69) is 14.9 Å². The molecule has 0 fully saturated rings. The molecule has 0 radical (unpaired) electrons. The molecule has 1 aromatic carbocycles. The summed E-state index contributed by atoms with van der Waals surface area (Å²) in [6.07, 6.45) is 0. The maximum atomic E-state index is 13.0. The van der Waals surface area contributed by atoms with Crippen LogP contribution in [0, 0.1) is 5.82 Å². The highest BCUT2D eigenvalue weighted by atomic mass is 35.7. The van der Waals surface area contributed by atoms with Crippen molar-refractivity contribution < 1.29 is 17.4 Å². The normalized spacial score (nSPS) is 12.1. The molecule has 14 heavy (non-hydrogen) atoms. The Hall–Kier alpha value is -1.21. The minimum atomic E-state index is -3.97. The van der Waals surface area contributed by atoms with E-state index in [-0.39, 0.29) is 15.9 Å². The topological polar surface area (TPSA) is 73.1 Å². The summed E-state index contributed by atoms with van der Waals surface area (Å²) < 4.78 is 39.2. The van der Waals surface area contributed by atoms with Gasteiger partial charge in [0.2, 0.25) is 0 Å². The fourth-order valence-corrected chi connectivity index (χ4v) is 1.98. The summed E-state index contributed by atoms with van der Waals surface area (Å²) in [5.74, 6) is -0.717. The van der Waals surface area contributed by atoms with Gasteiger partial charge in [-0.1, -0.05) is 0 Å². The highest BCUT2D eigenvalue weighted by molar-refractivity contribution is 8.14. The molecule has 0 aliphatic carbocycles. The molecule has 2 aromatic rings. The van der Waals surface area contributed by atoms with Crippen LogP contribution in [0.1, 0.15) is 0 Å². The summed E-state index contributed by atoms with van der Waals surface area (Å²) in [6.45, 7) is 0. The standard InChI is InChI=1S/C6H2ClFN2O3S/c7-14(11,12)4-2-1-3(8)5-6(4)10-13-9-5/h1-2H. The zero-order valence-electron chi connectivity index (χ0n) is 6.44. The van der Waals surface area contributed by atoms with Gasteiger partial charge >= 0.3 is 0 Å². The van der Waals surface area contributed by atoms with Crippen molar-refractivity contribution in [3.8, 4) is 0 Å². The second-order valence-corrected chi connectivity index (χ2v) is 4.98. The van der Waals surface area contributed by atoms with Gasteiger partial charge < -0.3 is 0 Å². The molecule has 0 N–H and O–H groups in total. The lowest BCUT2D eigenvalue weighted by Gasteiger charge is -1.95. The molecule has 0 saturated heterocycles. The predicted octanol–water partition coefficient (Wildman–Crippen LogP) is 1.29. The Labute approximate surface area is 81.8 Å². The summed E-state index contributed by atoms with van der Waals surface area (Å²) in [4.78, 5) is -0.322. The maximum Gasteiger partial charge on any atom is 0.263 e. The first-order valence-corrected chi connectivity index (χ1v) is 5.66. The van der Waals surface area contributed by atoms with Gasteiger partial charge in [0, 0.05) is 10.7 Å². The van der Waals surface area contributed by atoms with Gasteiger partial charge in [-0.2, -0.15) is 0 Å². The van der Waals surface area contributed by atoms with Gasteiger partial charge in [0.05, 0.1) is 0 Å². The molecule has 1 aromatic heterocycles. The smallest absolute Gasteiger partial charge is 0.243 e. The number of fused-ring (bicyclic) bond motifs is 1. The van der Waals surface area contributed by atoms with Crippen LogP contribution in [0.5, 0.6) is 0 Å². The van der Waals surface area contributed by atoms with Crippen LogP contribution in [0.4, 0.5) is 4.39 Å². The molecule has 5 nitrogen and oxygen atoms in total.